The van der Waals surface area contributed by atoms with E-state index in [0.717, 1.165) is 12.0 Å². The molecule has 2 aromatic rings. The first kappa shape index (κ1) is 22.9. The van der Waals surface area contributed by atoms with Crippen molar-refractivity contribution in [2.45, 2.75) is 46.5 Å². The summed E-state index contributed by atoms with van der Waals surface area (Å²) in [4.78, 5) is 13.0. The van der Waals surface area contributed by atoms with Gasteiger partial charge in [0.1, 0.15) is 5.75 Å². The minimum absolute atomic E-state index is 0.0601. The monoisotopic (exact) mass is 419 g/mol. The molecule has 2 aromatic carbocycles. The zero-order valence-electron chi connectivity index (χ0n) is 18.0. The zero-order valence-corrected chi connectivity index (χ0v) is 18.8. The molecule has 0 saturated carbocycles. The summed E-state index contributed by atoms with van der Waals surface area (Å²) in [5, 5.41) is 3.27. The Bertz CT molecular complexity index is 859. The predicted molar refractivity (Wildman–Crippen MR) is 118 cm³/mol. The quantitative estimate of drug-likeness (QED) is 0.562. The van der Waals surface area contributed by atoms with E-state index in [9.17, 15) is 4.79 Å². The molecule has 0 bridgehead atoms. The normalized spacial score (nSPS) is 11.1. The Morgan fingerprint density at radius 2 is 1.79 bits per heavy atom. The lowest BCUT2D eigenvalue weighted by Crippen LogP contribution is -2.16. The number of halogens is 1. The molecular weight excluding hydrogens is 390 g/mol. The Labute approximate surface area is 178 Å². The summed E-state index contributed by atoms with van der Waals surface area (Å²) in [7, 11) is 1.58. The Morgan fingerprint density at radius 3 is 2.38 bits per heavy atom. The van der Waals surface area contributed by atoms with Crippen molar-refractivity contribution >= 4 is 23.2 Å². The van der Waals surface area contributed by atoms with Crippen molar-refractivity contribution in [2.24, 2.45) is 0 Å². The molecule has 0 atom stereocenters. The van der Waals surface area contributed by atoms with Gasteiger partial charge in [-0.2, -0.15) is 0 Å². The van der Waals surface area contributed by atoms with Gasteiger partial charge >= 0.3 is 0 Å². The van der Waals surface area contributed by atoms with E-state index in [1.165, 1.54) is 0 Å². The molecule has 0 unspecified atom stereocenters. The summed E-state index contributed by atoms with van der Waals surface area (Å²) < 4.78 is 16.8. The number of nitrogens with one attached hydrogen (secondary N) is 1. The van der Waals surface area contributed by atoms with Crippen LogP contribution in [0.15, 0.2) is 30.3 Å². The van der Waals surface area contributed by atoms with Gasteiger partial charge in [0.2, 0.25) is 0 Å². The second-order valence-corrected chi connectivity index (χ2v) is 8.09. The summed E-state index contributed by atoms with van der Waals surface area (Å²) >= 11 is 6.39. The van der Waals surface area contributed by atoms with Gasteiger partial charge in [-0.05, 0) is 48.6 Å². The molecule has 0 fully saturated rings. The van der Waals surface area contributed by atoms with Gasteiger partial charge in [0.05, 0.1) is 31.0 Å². The molecule has 6 heteroatoms. The molecular formula is C23H30ClNO4. The largest absolute Gasteiger partial charge is 0.495 e. The second kappa shape index (κ2) is 9.88. The molecule has 2 rings (SSSR count). The van der Waals surface area contributed by atoms with Crippen LogP contribution in [0.3, 0.4) is 0 Å². The molecule has 5 nitrogen and oxygen atoms in total. The topological polar surface area (TPSA) is 56.8 Å². The van der Waals surface area contributed by atoms with Crippen molar-refractivity contribution in [3.05, 3.63) is 46.5 Å². The number of hydrogen-bond acceptors (Lipinski definition) is 4. The number of carbonyl (C=O) groups is 1. The van der Waals surface area contributed by atoms with Crippen molar-refractivity contribution < 1.29 is 19.0 Å². The fraction of sp³-hybridized carbons (Fsp3) is 0.435. The van der Waals surface area contributed by atoms with E-state index in [2.05, 4.69) is 26.1 Å². The zero-order chi connectivity index (χ0) is 21.6. The minimum atomic E-state index is -0.306. The molecule has 0 saturated heterocycles. The Morgan fingerprint density at radius 1 is 1.07 bits per heavy atom. The van der Waals surface area contributed by atoms with Crippen LogP contribution < -0.4 is 19.5 Å². The number of carbonyl (C=O) groups excluding carboxylic acids is 1. The van der Waals surface area contributed by atoms with E-state index < -0.39 is 0 Å². The minimum Gasteiger partial charge on any atom is -0.495 e. The van der Waals surface area contributed by atoms with Crippen LogP contribution in [0, 0.1) is 0 Å². The van der Waals surface area contributed by atoms with Crippen LogP contribution >= 0.6 is 11.6 Å². The fourth-order valence-electron chi connectivity index (χ4n) is 2.77. The van der Waals surface area contributed by atoms with Crippen LogP contribution in [-0.2, 0) is 5.41 Å². The highest BCUT2D eigenvalue weighted by Crippen LogP contribution is 2.37. The molecule has 0 aromatic heterocycles. The van der Waals surface area contributed by atoms with Crippen LogP contribution in [0.1, 0.15) is 57.0 Å². The third-order valence-electron chi connectivity index (χ3n) is 4.34. The van der Waals surface area contributed by atoms with Crippen molar-refractivity contribution in [2.75, 3.05) is 25.6 Å². The Hall–Kier alpha value is -2.40. The van der Waals surface area contributed by atoms with Gasteiger partial charge < -0.3 is 19.5 Å². The number of benzene rings is 2. The fourth-order valence-corrected chi connectivity index (χ4v) is 3.04. The highest BCUT2D eigenvalue weighted by Gasteiger charge is 2.20. The third-order valence-corrected chi connectivity index (χ3v) is 4.62. The van der Waals surface area contributed by atoms with Crippen LogP contribution in [-0.4, -0.2) is 26.2 Å². The average molecular weight is 420 g/mol. The molecule has 0 aliphatic rings. The van der Waals surface area contributed by atoms with Gasteiger partial charge in [-0.1, -0.05) is 45.4 Å². The SMILES string of the molecule is CCCOc1c(Cl)cc(C(=O)Nc2cc(C(C)(C)C)ccc2OC)cc1OCC. The third kappa shape index (κ3) is 5.80. The maximum atomic E-state index is 13.0. The van der Waals surface area contributed by atoms with Crippen molar-refractivity contribution in [1.82, 2.24) is 0 Å². The number of rotatable bonds is 8. The van der Waals surface area contributed by atoms with E-state index >= 15 is 0 Å². The van der Waals surface area contributed by atoms with Crippen molar-refractivity contribution in [3.63, 3.8) is 0 Å². The first-order chi connectivity index (χ1) is 13.7. The van der Waals surface area contributed by atoms with E-state index in [-0.39, 0.29) is 11.3 Å². The highest BCUT2D eigenvalue weighted by molar-refractivity contribution is 6.32. The summed E-state index contributed by atoms with van der Waals surface area (Å²) in [5.74, 6) is 1.19. The van der Waals surface area contributed by atoms with E-state index in [4.69, 9.17) is 25.8 Å². The number of hydrogen-bond donors (Lipinski definition) is 1. The van der Waals surface area contributed by atoms with E-state index in [1.807, 2.05) is 32.0 Å². The molecule has 0 aliphatic carbocycles. The molecule has 29 heavy (non-hydrogen) atoms. The number of methoxy groups -OCH3 is 1. The smallest absolute Gasteiger partial charge is 0.255 e. The molecule has 1 N–H and O–H groups in total. The molecule has 1 amide bonds. The van der Waals surface area contributed by atoms with Gasteiger partial charge in [-0.25, -0.2) is 0 Å². The van der Waals surface area contributed by atoms with Gasteiger partial charge in [-0.3, -0.25) is 4.79 Å². The summed E-state index contributed by atoms with van der Waals surface area (Å²) in [6.07, 6.45) is 0.841. The molecule has 0 heterocycles. The van der Waals surface area contributed by atoms with Gasteiger partial charge in [-0.15, -0.1) is 0 Å². The first-order valence-electron chi connectivity index (χ1n) is 9.80. The van der Waals surface area contributed by atoms with Gasteiger partial charge in [0, 0.05) is 5.56 Å². The lowest BCUT2D eigenvalue weighted by molar-refractivity contribution is 0.102. The Balaban J connectivity index is 2.38. The first-order valence-corrected chi connectivity index (χ1v) is 10.2. The molecule has 0 aliphatic heterocycles. The standard InChI is InChI=1S/C23H30ClNO4/c1-7-11-29-21-17(24)12-15(13-20(21)28-8-2)22(26)25-18-14-16(23(3,4)5)9-10-19(18)27-6/h9-10,12-14H,7-8,11H2,1-6H3,(H,25,26). The van der Waals surface area contributed by atoms with Crippen LogP contribution in [0.4, 0.5) is 5.69 Å². The Kier molecular flexibility index (Phi) is 7.80. The maximum absolute atomic E-state index is 13.0. The van der Waals surface area contributed by atoms with Gasteiger partial charge in [0.25, 0.3) is 5.91 Å². The maximum Gasteiger partial charge on any atom is 0.255 e. The lowest BCUT2D eigenvalue weighted by Gasteiger charge is -2.21. The van der Waals surface area contributed by atoms with Crippen molar-refractivity contribution in [1.29, 1.82) is 0 Å². The summed E-state index contributed by atoms with van der Waals surface area (Å²) in [6.45, 7) is 11.2. The molecule has 158 valence electrons. The highest BCUT2D eigenvalue weighted by atomic mass is 35.5. The summed E-state index contributed by atoms with van der Waals surface area (Å²) in [6, 6.07) is 9.02. The van der Waals surface area contributed by atoms with Gasteiger partial charge in [0.15, 0.2) is 11.5 Å². The number of anilines is 1. The lowest BCUT2D eigenvalue weighted by atomic mass is 9.87. The number of ether oxygens (including phenoxy) is 3. The van der Waals surface area contributed by atoms with Crippen LogP contribution in [0.2, 0.25) is 5.02 Å². The van der Waals surface area contributed by atoms with Crippen LogP contribution in [0.25, 0.3) is 0 Å². The average Bonchev–Trinajstić information content (AvgIpc) is 2.66. The van der Waals surface area contributed by atoms with E-state index in [1.54, 1.807) is 19.2 Å². The van der Waals surface area contributed by atoms with E-state index in [0.29, 0.717) is 46.7 Å². The van der Waals surface area contributed by atoms with Crippen LogP contribution in [0.5, 0.6) is 17.2 Å². The molecule has 0 spiro atoms. The number of amides is 1. The molecule has 0 radical (unpaired) electrons. The summed E-state index contributed by atoms with van der Waals surface area (Å²) in [5.41, 5.74) is 2.01. The predicted octanol–water partition coefficient (Wildman–Crippen LogP) is 6.09. The second-order valence-electron chi connectivity index (χ2n) is 7.69. The van der Waals surface area contributed by atoms with Crippen molar-refractivity contribution in [3.8, 4) is 17.2 Å².